The highest BCUT2D eigenvalue weighted by Gasteiger charge is 2.59. The molecule has 1 saturated heterocycles. The molecule has 0 unspecified atom stereocenters. The first-order valence-corrected chi connectivity index (χ1v) is 7.79. The molecule has 0 amide bonds. The van der Waals surface area contributed by atoms with E-state index in [4.69, 9.17) is 9.31 Å². The van der Waals surface area contributed by atoms with Crippen LogP contribution in [0.15, 0.2) is 30.3 Å². The monoisotopic (exact) mass is 272 g/mol. The van der Waals surface area contributed by atoms with Gasteiger partial charge in [0.25, 0.3) is 0 Å². The second-order valence-corrected chi connectivity index (χ2v) is 7.31. The van der Waals surface area contributed by atoms with Gasteiger partial charge in [-0.15, -0.1) is 0 Å². The van der Waals surface area contributed by atoms with Crippen LogP contribution in [-0.4, -0.2) is 18.3 Å². The van der Waals surface area contributed by atoms with Gasteiger partial charge in [-0.25, -0.2) is 0 Å². The Morgan fingerprint density at radius 1 is 1.05 bits per heavy atom. The van der Waals surface area contributed by atoms with E-state index in [2.05, 4.69) is 58.0 Å². The van der Waals surface area contributed by atoms with Crippen molar-refractivity contribution >= 4 is 7.12 Å². The van der Waals surface area contributed by atoms with Crippen LogP contribution in [0.1, 0.15) is 46.1 Å². The number of benzene rings is 1. The summed E-state index contributed by atoms with van der Waals surface area (Å²) in [7, 11) is 0.000716. The predicted molar refractivity (Wildman–Crippen MR) is 82.7 cm³/mol. The zero-order chi connectivity index (χ0) is 14.4. The van der Waals surface area contributed by atoms with Gasteiger partial charge in [0, 0.05) is 0 Å². The van der Waals surface area contributed by atoms with Crippen molar-refractivity contribution in [3.63, 3.8) is 0 Å². The lowest BCUT2D eigenvalue weighted by atomic mass is 9.80. The quantitative estimate of drug-likeness (QED) is 0.768. The highest BCUT2D eigenvalue weighted by atomic mass is 16.7. The smallest absolute Gasteiger partial charge is 0.403 e. The summed E-state index contributed by atoms with van der Waals surface area (Å²) in [6, 6.07) is 10.7. The molecule has 0 N–H and O–H groups in total. The van der Waals surface area contributed by atoms with Crippen LogP contribution in [0.4, 0.5) is 0 Å². The van der Waals surface area contributed by atoms with Gasteiger partial charge in [-0.05, 0) is 64.3 Å². The van der Waals surface area contributed by atoms with Crippen molar-refractivity contribution in [3.8, 4) is 0 Å². The fraction of sp³-hybridized carbons (Fsp3) is 0.647. The van der Waals surface area contributed by atoms with E-state index < -0.39 is 0 Å². The standard InChI is InChI=1S/C17H25BO2/c1-16(2)17(3,4)20-18(19-16)15-12-14(15)11-10-13-8-6-5-7-9-13/h5-9,14-15H,10-12H2,1-4H3/t14-,15-/m1/s1. The average Bonchev–Trinajstić information content (AvgIpc) is 3.11. The number of hydrogen-bond acceptors (Lipinski definition) is 2. The first-order valence-electron chi connectivity index (χ1n) is 7.79. The Kier molecular flexibility index (Phi) is 3.46. The van der Waals surface area contributed by atoms with Gasteiger partial charge >= 0.3 is 7.12 Å². The summed E-state index contributed by atoms with van der Waals surface area (Å²) in [6.45, 7) is 8.53. The van der Waals surface area contributed by atoms with Crippen molar-refractivity contribution in [1.82, 2.24) is 0 Å². The summed E-state index contributed by atoms with van der Waals surface area (Å²) in [6.07, 6.45) is 3.67. The van der Waals surface area contributed by atoms with Crippen molar-refractivity contribution in [3.05, 3.63) is 35.9 Å². The van der Waals surface area contributed by atoms with Gasteiger partial charge in [-0.1, -0.05) is 30.3 Å². The van der Waals surface area contributed by atoms with Crippen LogP contribution in [0.2, 0.25) is 5.82 Å². The van der Waals surface area contributed by atoms with Crippen molar-refractivity contribution in [1.29, 1.82) is 0 Å². The SMILES string of the molecule is CC1(C)OB([C@@H]2C[C@H]2CCc2ccccc2)OC1(C)C. The van der Waals surface area contributed by atoms with Crippen LogP contribution in [0.5, 0.6) is 0 Å². The van der Waals surface area contributed by atoms with Gasteiger partial charge in [0.1, 0.15) is 0 Å². The molecule has 2 aliphatic rings. The van der Waals surface area contributed by atoms with Crippen molar-refractivity contribution in [2.45, 2.75) is 64.0 Å². The van der Waals surface area contributed by atoms with Crippen LogP contribution >= 0.6 is 0 Å². The third-order valence-electron chi connectivity index (χ3n) is 5.24. The van der Waals surface area contributed by atoms with Crippen LogP contribution in [0.3, 0.4) is 0 Å². The number of hydrogen-bond donors (Lipinski definition) is 0. The minimum absolute atomic E-state index is 0.000716. The Balaban J connectivity index is 1.51. The molecule has 3 heteroatoms. The molecule has 2 fully saturated rings. The maximum Gasteiger partial charge on any atom is 0.461 e. The molecule has 0 radical (unpaired) electrons. The second-order valence-electron chi connectivity index (χ2n) is 7.31. The van der Waals surface area contributed by atoms with E-state index in [1.54, 1.807) is 0 Å². The summed E-state index contributed by atoms with van der Waals surface area (Å²) in [5, 5.41) is 0. The van der Waals surface area contributed by atoms with Crippen LogP contribution in [0.25, 0.3) is 0 Å². The Labute approximate surface area is 123 Å². The third-order valence-corrected chi connectivity index (χ3v) is 5.24. The van der Waals surface area contributed by atoms with Crippen molar-refractivity contribution in [2.75, 3.05) is 0 Å². The van der Waals surface area contributed by atoms with E-state index in [1.165, 1.54) is 24.8 Å². The molecule has 1 heterocycles. The third kappa shape index (κ3) is 2.66. The zero-order valence-corrected chi connectivity index (χ0v) is 13.1. The van der Waals surface area contributed by atoms with E-state index in [0.717, 1.165) is 5.92 Å². The lowest BCUT2D eigenvalue weighted by Gasteiger charge is -2.32. The van der Waals surface area contributed by atoms with Gasteiger partial charge in [0.05, 0.1) is 11.2 Å². The normalized spacial score (nSPS) is 30.5. The van der Waals surface area contributed by atoms with E-state index >= 15 is 0 Å². The molecule has 3 rings (SSSR count). The lowest BCUT2D eigenvalue weighted by molar-refractivity contribution is 0.00578. The van der Waals surface area contributed by atoms with E-state index in [9.17, 15) is 0 Å². The fourth-order valence-electron chi connectivity index (χ4n) is 3.00. The first kappa shape index (κ1) is 14.2. The molecule has 1 saturated carbocycles. The number of rotatable bonds is 4. The zero-order valence-electron chi connectivity index (χ0n) is 13.1. The van der Waals surface area contributed by atoms with Gasteiger partial charge in [-0.2, -0.15) is 0 Å². The van der Waals surface area contributed by atoms with Crippen molar-refractivity contribution < 1.29 is 9.31 Å². The van der Waals surface area contributed by atoms with E-state index in [-0.39, 0.29) is 18.3 Å². The van der Waals surface area contributed by atoms with Crippen LogP contribution in [-0.2, 0) is 15.7 Å². The predicted octanol–water partition coefficient (Wildman–Crippen LogP) is 4.10. The van der Waals surface area contributed by atoms with Gasteiger partial charge < -0.3 is 9.31 Å². The minimum Gasteiger partial charge on any atom is -0.403 e. The van der Waals surface area contributed by atoms with Gasteiger partial charge in [0.15, 0.2) is 0 Å². The molecule has 1 aromatic rings. The summed E-state index contributed by atoms with van der Waals surface area (Å²) in [4.78, 5) is 0. The topological polar surface area (TPSA) is 18.5 Å². The Hall–Kier alpha value is -0.795. The summed E-state index contributed by atoms with van der Waals surface area (Å²) < 4.78 is 12.3. The maximum atomic E-state index is 6.15. The van der Waals surface area contributed by atoms with E-state index in [0.29, 0.717) is 5.82 Å². The molecule has 1 aliphatic carbocycles. The molecular formula is C17H25BO2. The second kappa shape index (κ2) is 4.89. The lowest BCUT2D eigenvalue weighted by Crippen LogP contribution is -2.41. The molecule has 1 aliphatic heterocycles. The van der Waals surface area contributed by atoms with Gasteiger partial charge in [0.2, 0.25) is 0 Å². The summed E-state index contributed by atoms with van der Waals surface area (Å²) in [5.74, 6) is 1.37. The molecule has 0 spiro atoms. The highest BCUT2D eigenvalue weighted by Crippen LogP contribution is 2.54. The minimum atomic E-state index is -0.190. The maximum absolute atomic E-state index is 6.15. The molecule has 0 aromatic heterocycles. The molecular weight excluding hydrogens is 247 g/mol. The largest absolute Gasteiger partial charge is 0.461 e. The van der Waals surface area contributed by atoms with E-state index in [1.807, 2.05) is 0 Å². The molecule has 2 atom stereocenters. The van der Waals surface area contributed by atoms with Crippen LogP contribution < -0.4 is 0 Å². The highest BCUT2D eigenvalue weighted by molar-refractivity contribution is 6.48. The van der Waals surface area contributed by atoms with Crippen molar-refractivity contribution in [2.24, 2.45) is 5.92 Å². The Morgan fingerprint density at radius 3 is 2.25 bits per heavy atom. The molecule has 1 aromatic carbocycles. The fourth-order valence-corrected chi connectivity index (χ4v) is 3.00. The molecule has 0 bridgehead atoms. The molecule has 2 nitrogen and oxygen atoms in total. The Morgan fingerprint density at radius 2 is 1.65 bits per heavy atom. The molecule has 20 heavy (non-hydrogen) atoms. The summed E-state index contributed by atoms with van der Waals surface area (Å²) in [5.41, 5.74) is 1.06. The average molecular weight is 272 g/mol. The molecule has 108 valence electrons. The summed E-state index contributed by atoms with van der Waals surface area (Å²) >= 11 is 0. The first-order chi connectivity index (χ1) is 9.39. The number of aryl methyl sites for hydroxylation is 1. The van der Waals surface area contributed by atoms with Gasteiger partial charge in [-0.3, -0.25) is 0 Å². The Bertz CT molecular complexity index is 453. The van der Waals surface area contributed by atoms with Crippen LogP contribution in [0, 0.1) is 5.92 Å².